The summed E-state index contributed by atoms with van der Waals surface area (Å²) in [5, 5.41) is 11.2. The SMILES string of the molecule is CN=C(NCCCn1nc(C)cc1C)NCc1ccc(C)cc1C.I. The van der Waals surface area contributed by atoms with Crippen molar-refractivity contribution in [2.45, 2.75) is 47.2 Å². The number of rotatable bonds is 6. The van der Waals surface area contributed by atoms with Crippen molar-refractivity contribution in [2.24, 2.45) is 4.99 Å². The molecular weight excluding hydrogens is 425 g/mol. The third kappa shape index (κ3) is 6.68. The Bertz CT molecular complexity index is 706. The summed E-state index contributed by atoms with van der Waals surface area (Å²) in [4.78, 5) is 4.29. The lowest BCUT2D eigenvalue weighted by molar-refractivity contribution is 0.555. The lowest BCUT2D eigenvalue weighted by Crippen LogP contribution is -2.37. The van der Waals surface area contributed by atoms with E-state index in [0.717, 1.165) is 37.7 Å². The molecule has 0 aliphatic carbocycles. The Morgan fingerprint density at radius 1 is 1.12 bits per heavy atom. The summed E-state index contributed by atoms with van der Waals surface area (Å²) >= 11 is 0. The minimum atomic E-state index is 0. The fraction of sp³-hybridized carbons (Fsp3) is 0.474. The number of halogens is 1. The number of hydrogen-bond donors (Lipinski definition) is 2. The summed E-state index contributed by atoms with van der Waals surface area (Å²) in [6, 6.07) is 8.64. The summed E-state index contributed by atoms with van der Waals surface area (Å²) < 4.78 is 2.06. The van der Waals surface area contributed by atoms with E-state index < -0.39 is 0 Å². The van der Waals surface area contributed by atoms with Gasteiger partial charge in [0.05, 0.1) is 5.69 Å². The normalized spacial score (nSPS) is 11.2. The van der Waals surface area contributed by atoms with Gasteiger partial charge in [0, 0.05) is 32.4 Å². The van der Waals surface area contributed by atoms with Gasteiger partial charge in [-0.05, 0) is 51.3 Å². The summed E-state index contributed by atoms with van der Waals surface area (Å²) in [5.74, 6) is 0.836. The number of nitrogens with zero attached hydrogens (tertiary/aromatic N) is 3. The van der Waals surface area contributed by atoms with Crippen LogP contribution in [0.15, 0.2) is 29.3 Å². The van der Waals surface area contributed by atoms with Gasteiger partial charge in [-0.25, -0.2) is 0 Å². The number of guanidine groups is 1. The molecule has 5 nitrogen and oxygen atoms in total. The standard InChI is InChI=1S/C19H29N5.HI/c1-14-7-8-18(15(2)11-14)13-22-19(20-5)21-9-6-10-24-17(4)12-16(3)23-24;/h7-8,11-12H,6,9-10,13H2,1-5H3,(H2,20,21,22);1H. The van der Waals surface area contributed by atoms with Gasteiger partial charge in [0.2, 0.25) is 0 Å². The molecule has 0 bridgehead atoms. The summed E-state index contributed by atoms with van der Waals surface area (Å²) in [7, 11) is 1.80. The van der Waals surface area contributed by atoms with Gasteiger partial charge in [0.1, 0.15) is 0 Å². The molecule has 25 heavy (non-hydrogen) atoms. The molecule has 0 aliphatic rings. The van der Waals surface area contributed by atoms with Gasteiger partial charge in [-0.15, -0.1) is 24.0 Å². The number of aryl methyl sites for hydroxylation is 5. The van der Waals surface area contributed by atoms with Gasteiger partial charge >= 0.3 is 0 Å². The van der Waals surface area contributed by atoms with Crippen LogP contribution in [0, 0.1) is 27.7 Å². The van der Waals surface area contributed by atoms with Crippen molar-refractivity contribution in [1.29, 1.82) is 0 Å². The first-order chi connectivity index (χ1) is 11.5. The Morgan fingerprint density at radius 2 is 1.88 bits per heavy atom. The molecule has 6 heteroatoms. The molecule has 0 fully saturated rings. The quantitative estimate of drug-likeness (QED) is 0.304. The van der Waals surface area contributed by atoms with Crippen LogP contribution in [0.2, 0.25) is 0 Å². The van der Waals surface area contributed by atoms with Gasteiger partial charge in [-0.3, -0.25) is 9.67 Å². The van der Waals surface area contributed by atoms with E-state index in [1.807, 2.05) is 6.92 Å². The van der Waals surface area contributed by atoms with Crippen LogP contribution >= 0.6 is 24.0 Å². The maximum Gasteiger partial charge on any atom is 0.191 e. The Kier molecular flexibility index (Phi) is 8.96. The molecule has 0 spiro atoms. The van der Waals surface area contributed by atoms with E-state index in [1.165, 1.54) is 22.4 Å². The second kappa shape index (κ2) is 10.4. The zero-order valence-corrected chi connectivity index (χ0v) is 18.2. The molecule has 0 aliphatic heterocycles. The first-order valence-electron chi connectivity index (χ1n) is 8.51. The Morgan fingerprint density at radius 3 is 2.48 bits per heavy atom. The van der Waals surface area contributed by atoms with Gasteiger partial charge in [0.25, 0.3) is 0 Å². The van der Waals surface area contributed by atoms with Crippen molar-refractivity contribution in [2.75, 3.05) is 13.6 Å². The van der Waals surface area contributed by atoms with Crippen molar-refractivity contribution in [3.8, 4) is 0 Å². The predicted molar refractivity (Wildman–Crippen MR) is 116 cm³/mol. The molecule has 138 valence electrons. The maximum atomic E-state index is 4.48. The molecule has 1 aromatic carbocycles. The third-order valence-electron chi connectivity index (χ3n) is 4.11. The Hall–Kier alpha value is -1.57. The summed E-state index contributed by atoms with van der Waals surface area (Å²) in [6.45, 7) is 11.0. The molecule has 0 amide bonds. The molecule has 0 unspecified atom stereocenters. The van der Waals surface area contributed by atoms with Gasteiger partial charge < -0.3 is 10.6 Å². The van der Waals surface area contributed by atoms with E-state index in [9.17, 15) is 0 Å². The van der Waals surface area contributed by atoms with Crippen LogP contribution < -0.4 is 10.6 Å². The van der Waals surface area contributed by atoms with Crippen LogP contribution in [0.5, 0.6) is 0 Å². The fourth-order valence-corrected chi connectivity index (χ4v) is 2.78. The predicted octanol–water partition coefficient (Wildman–Crippen LogP) is 3.49. The molecular formula is C19H30IN5. The highest BCUT2D eigenvalue weighted by atomic mass is 127. The van der Waals surface area contributed by atoms with Crippen LogP contribution in [-0.4, -0.2) is 29.3 Å². The van der Waals surface area contributed by atoms with Gasteiger partial charge in [-0.1, -0.05) is 23.8 Å². The van der Waals surface area contributed by atoms with Crippen LogP contribution in [0.4, 0.5) is 0 Å². The number of benzene rings is 1. The molecule has 0 atom stereocenters. The molecule has 0 saturated carbocycles. The highest BCUT2D eigenvalue weighted by Crippen LogP contribution is 2.10. The first kappa shape index (κ1) is 21.5. The van der Waals surface area contributed by atoms with Gasteiger partial charge in [-0.2, -0.15) is 5.10 Å². The average Bonchev–Trinajstić information content (AvgIpc) is 2.86. The van der Waals surface area contributed by atoms with Crippen LogP contribution in [-0.2, 0) is 13.1 Å². The zero-order valence-electron chi connectivity index (χ0n) is 15.9. The number of aliphatic imine (C=N–C) groups is 1. The minimum absolute atomic E-state index is 0. The van der Waals surface area contributed by atoms with Crippen molar-refractivity contribution < 1.29 is 0 Å². The highest BCUT2D eigenvalue weighted by molar-refractivity contribution is 14.0. The maximum absolute atomic E-state index is 4.48. The van der Waals surface area contributed by atoms with E-state index in [2.05, 4.69) is 70.4 Å². The second-order valence-electron chi connectivity index (χ2n) is 6.29. The molecule has 1 aromatic heterocycles. The molecule has 0 radical (unpaired) electrons. The van der Waals surface area contributed by atoms with E-state index in [1.54, 1.807) is 7.05 Å². The minimum Gasteiger partial charge on any atom is -0.356 e. The smallest absolute Gasteiger partial charge is 0.191 e. The van der Waals surface area contributed by atoms with E-state index in [0.29, 0.717) is 0 Å². The zero-order chi connectivity index (χ0) is 17.5. The number of aromatic nitrogens is 2. The highest BCUT2D eigenvalue weighted by Gasteiger charge is 2.03. The molecule has 1 heterocycles. The van der Waals surface area contributed by atoms with Crippen LogP contribution in [0.3, 0.4) is 0 Å². The van der Waals surface area contributed by atoms with Crippen molar-refractivity contribution >= 4 is 29.9 Å². The Balaban J connectivity index is 0.00000312. The molecule has 2 N–H and O–H groups in total. The lowest BCUT2D eigenvalue weighted by Gasteiger charge is -2.13. The lowest BCUT2D eigenvalue weighted by atomic mass is 10.1. The van der Waals surface area contributed by atoms with Crippen molar-refractivity contribution in [1.82, 2.24) is 20.4 Å². The first-order valence-corrected chi connectivity index (χ1v) is 8.51. The molecule has 2 rings (SSSR count). The van der Waals surface area contributed by atoms with E-state index in [4.69, 9.17) is 0 Å². The average molecular weight is 455 g/mol. The van der Waals surface area contributed by atoms with E-state index >= 15 is 0 Å². The van der Waals surface area contributed by atoms with Crippen molar-refractivity contribution in [3.63, 3.8) is 0 Å². The third-order valence-corrected chi connectivity index (χ3v) is 4.11. The van der Waals surface area contributed by atoms with Crippen LogP contribution in [0.25, 0.3) is 0 Å². The topological polar surface area (TPSA) is 54.2 Å². The van der Waals surface area contributed by atoms with Crippen molar-refractivity contribution in [3.05, 3.63) is 52.3 Å². The number of hydrogen-bond acceptors (Lipinski definition) is 2. The number of nitrogens with one attached hydrogen (secondary N) is 2. The molecule has 2 aromatic rings. The van der Waals surface area contributed by atoms with Gasteiger partial charge in [0.15, 0.2) is 5.96 Å². The fourth-order valence-electron chi connectivity index (χ4n) is 2.78. The Labute approximate surface area is 168 Å². The summed E-state index contributed by atoms with van der Waals surface area (Å²) in [5.41, 5.74) is 6.19. The monoisotopic (exact) mass is 455 g/mol. The second-order valence-corrected chi connectivity index (χ2v) is 6.29. The van der Waals surface area contributed by atoms with Crippen LogP contribution in [0.1, 0.15) is 34.5 Å². The summed E-state index contributed by atoms with van der Waals surface area (Å²) in [6.07, 6.45) is 1.01. The molecule has 0 saturated heterocycles. The largest absolute Gasteiger partial charge is 0.356 e. The van der Waals surface area contributed by atoms with E-state index in [-0.39, 0.29) is 24.0 Å².